The molecule has 0 saturated heterocycles. The Labute approximate surface area is 163 Å². The number of ether oxygens (including phenoxy) is 4. The van der Waals surface area contributed by atoms with Crippen LogP contribution in [-0.4, -0.2) is 38.8 Å². The molecule has 3 rings (SSSR count). The van der Waals surface area contributed by atoms with E-state index < -0.39 is 0 Å². The molecule has 0 saturated carbocycles. The van der Waals surface area contributed by atoms with Gasteiger partial charge >= 0.3 is 0 Å². The van der Waals surface area contributed by atoms with Crippen LogP contribution in [0.2, 0.25) is 0 Å². The Bertz CT molecular complexity index is 1010. The monoisotopic (exact) mass is 381 g/mol. The van der Waals surface area contributed by atoms with E-state index in [0.717, 1.165) is 16.7 Å². The Kier molecular flexibility index (Phi) is 5.59. The van der Waals surface area contributed by atoms with Crippen LogP contribution in [0.1, 0.15) is 15.9 Å². The first-order chi connectivity index (χ1) is 13.6. The van der Waals surface area contributed by atoms with Crippen molar-refractivity contribution in [1.82, 2.24) is 4.57 Å². The van der Waals surface area contributed by atoms with Crippen molar-refractivity contribution in [1.29, 1.82) is 0 Å². The van der Waals surface area contributed by atoms with E-state index >= 15 is 0 Å². The third kappa shape index (κ3) is 3.29. The molecule has 1 heterocycles. The molecule has 0 aliphatic rings. The van der Waals surface area contributed by atoms with Gasteiger partial charge in [0.2, 0.25) is 5.75 Å². The van der Waals surface area contributed by atoms with Gasteiger partial charge in [-0.15, -0.1) is 6.58 Å². The number of carbonyl (C=O) groups is 1. The Balaban J connectivity index is 2.17. The minimum absolute atomic E-state index is 0.141. The fourth-order valence-electron chi connectivity index (χ4n) is 3.24. The maximum Gasteiger partial charge on any atom is 0.203 e. The summed E-state index contributed by atoms with van der Waals surface area (Å²) in [5.74, 6) is 1.89. The summed E-state index contributed by atoms with van der Waals surface area (Å²) in [5, 5.41) is 0.835. The number of hydrogen-bond donors (Lipinski definition) is 0. The molecule has 0 amide bonds. The van der Waals surface area contributed by atoms with Gasteiger partial charge in [0.1, 0.15) is 5.75 Å². The molecule has 28 heavy (non-hydrogen) atoms. The molecule has 146 valence electrons. The van der Waals surface area contributed by atoms with Gasteiger partial charge in [-0.2, -0.15) is 0 Å². The lowest BCUT2D eigenvalue weighted by atomic mass is 10.0. The number of allylic oxidation sites excluding steroid dienone is 1. The average molecular weight is 381 g/mol. The molecule has 2 aromatic carbocycles. The van der Waals surface area contributed by atoms with Gasteiger partial charge < -0.3 is 23.5 Å². The lowest BCUT2D eigenvalue weighted by Gasteiger charge is -2.13. The van der Waals surface area contributed by atoms with Crippen LogP contribution in [0.25, 0.3) is 10.9 Å². The van der Waals surface area contributed by atoms with Crippen LogP contribution in [-0.2, 0) is 6.54 Å². The molecule has 0 unspecified atom stereocenters. The summed E-state index contributed by atoms with van der Waals surface area (Å²) in [7, 11) is 6.18. The van der Waals surface area contributed by atoms with Crippen LogP contribution in [0, 0.1) is 0 Å². The number of ketones is 1. The molecule has 0 aliphatic carbocycles. The molecule has 0 spiro atoms. The predicted octanol–water partition coefficient (Wildman–Crippen LogP) is 4.09. The summed E-state index contributed by atoms with van der Waals surface area (Å²) >= 11 is 0. The summed E-state index contributed by atoms with van der Waals surface area (Å²) in [4.78, 5) is 13.3. The van der Waals surface area contributed by atoms with Crippen LogP contribution < -0.4 is 18.9 Å². The minimum Gasteiger partial charge on any atom is -0.497 e. The molecular formula is C22H23NO5. The van der Waals surface area contributed by atoms with Gasteiger partial charge in [0.25, 0.3) is 0 Å². The van der Waals surface area contributed by atoms with E-state index in [2.05, 4.69) is 6.58 Å². The van der Waals surface area contributed by atoms with Gasteiger partial charge in [-0.25, -0.2) is 0 Å². The van der Waals surface area contributed by atoms with E-state index in [9.17, 15) is 4.79 Å². The molecule has 0 aliphatic heterocycles. The van der Waals surface area contributed by atoms with Crippen molar-refractivity contribution in [3.8, 4) is 23.0 Å². The zero-order valence-corrected chi connectivity index (χ0v) is 16.4. The standard InChI is InChI=1S/C22H23NO5/c1-6-9-23-13-17(16-8-7-15(25-2)12-18(16)23)21(24)14-10-19(26-3)22(28-5)20(11-14)27-4/h6-8,10-13H,1,9H2,2-5H3. The van der Waals surface area contributed by atoms with Gasteiger partial charge in [-0.1, -0.05) is 6.08 Å². The van der Waals surface area contributed by atoms with Crippen molar-refractivity contribution in [2.24, 2.45) is 0 Å². The molecule has 0 bridgehead atoms. The highest BCUT2D eigenvalue weighted by molar-refractivity contribution is 6.17. The Morgan fingerprint density at radius 1 is 1.00 bits per heavy atom. The minimum atomic E-state index is -0.141. The molecule has 6 nitrogen and oxygen atoms in total. The second kappa shape index (κ2) is 8.08. The summed E-state index contributed by atoms with van der Waals surface area (Å²) in [5.41, 5.74) is 1.92. The van der Waals surface area contributed by atoms with Crippen molar-refractivity contribution in [3.63, 3.8) is 0 Å². The number of nitrogens with zero attached hydrogens (tertiary/aromatic N) is 1. The van der Waals surface area contributed by atoms with Crippen LogP contribution >= 0.6 is 0 Å². The summed E-state index contributed by atoms with van der Waals surface area (Å²) < 4.78 is 23.4. The zero-order chi connectivity index (χ0) is 20.3. The first kappa shape index (κ1) is 19.4. The normalized spacial score (nSPS) is 10.6. The Hall–Kier alpha value is -3.41. The van der Waals surface area contributed by atoms with Crippen molar-refractivity contribution in [3.05, 3.63) is 60.3 Å². The van der Waals surface area contributed by atoms with Crippen LogP contribution in [0.3, 0.4) is 0 Å². The molecule has 0 radical (unpaired) electrons. The number of aromatic nitrogens is 1. The van der Waals surface area contributed by atoms with Crippen LogP contribution in [0.5, 0.6) is 23.0 Å². The number of rotatable bonds is 8. The van der Waals surface area contributed by atoms with E-state index in [1.165, 1.54) is 21.3 Å². The van der Waals surface area contributed by atoms with Crippen LogP contribution in [0.4, 0.5) is 0 Å². The summed E-state index contributed by atoms with van der Waals surface area (Å²) in [6, 6.07) is 8.95. The fraction of sp³-hybridized carbons (Fsp3) is 0.227. The highest BCUT2D eigenvalue weighted by Gasteiger charge is 2.21. The second-order valence-electron chi connectivity index (χ2n) is 6.11. The Morgan fingerprint density at radius 3 is 2.21 bits per heavy atom. The molecule has 1 aromatic heterocycles. The lowest BCUT2D eigenvalue weighted by Crippen LogP contribution is -2.04. The predicted molar refractivity (Wildman–Crippen MR) is 108 cm³/mol. The zero-order valence-electron chi connectivity index (χ0n) is 16.4. The van der Waals surface area contributed by atoms with Gasteiger partial charge in [-0.05, 0) is 24.3 Å². The van der Waals surface area contributed by atoms with Gasteiger partial charge in [0, 0.05) is 35.3 Å². The van der Waals surface area contributed by atoms with Crippen molar-refractivity contribution >= 4 is 16.7 Å². The largest absolute Gasteiger partial charge is 0.497 e. The van der Waals surface area contributed by atoms with Gasteiger partial charge in [0.15, 0.2) is 17.3 Å². The molecule has 6 heteroatoms. The number of methoxy groups -OCH3 is 4. The highest BCUT2D eigenvalue weighted by Crippen LogP contribution is 2.39. The smallest absolute Gasteiger partial charge is 0.203 e. The molecule has 3 aromatic rings. The number of hydrogen-bond acceptors (Lipinski definition) is 5. The van der Waals surface area contributed by atoms with E-state index in [1.807, 2.05) is 29.0 Å². The number of fused-ring (bicyclic) bond motifs is 1. The summed E-state index contributed by atoms with van der Waals surface area (Å²) in [6.45, 7) is 4.37. The first-order valence-electron chi connectivity index (χ1n) is 8.70. The second-order valence-corrected chi connectivity index (χ2v) is 6.11. The van der Waals surface area contributed by atoms with Crippen molar-refractivity contribution in [2.75, 3.05) is 28.4 Å². The van der Waals surface area contributed by atoms with Gasteiger partial charge in [-0.3, -0.25) is 4.79 Å². The van der Waals surface area contributed by atoms with Crippen molar-refractivity contribution < 1.29 is 23.7 Å². The SMILES string of the molecule is C=CCn1cc(C(=O)c2cc(OC)c(OC)c(OC)c2)c2ccc(OC)cc21. The van der Waals surface area contributed by atoms with E-state index in [-0.39, 0.29) is 5.78 Å². The van der Waals surface area contributed by atoms with E-state index in [0.29, 0.717) is 34.9 Å². The van der Waals surface area contributed by atoms with Crippen LogP contribution in [0.15, 0.2) is 49.2 Å². The summed E-state index contributed by atoms with van der Waals surface area (Å²) in [6.07, 6.45) is 3.61. The topological polar surface area (TPSA) is 58.9 Å². The number of carbonyl (C=O) groups excluding carboxylic acids is 1. The maximum atomic E-state index is 13.3. The highest BCUT2D eigenvalue weighted by atomic mass is 16.5. The molecule has 0 N–H and O–H groups in total. The lowest BCUT2D eigenvalue weighted by molar-refractivity contribution is 0.103. The fourth-order valence-corrected chi connectivity index (χ4v) is 3.24. The molecular weight excluding hydrogens is 358 g/mol. The molecule has 0 fully saturated rings. The quantitative estimate of drug-likeness (QED) is 0.434. The van der Waals surface area contributed by atoms with E-state index in [4.69, 9.17) is 18.9 Å². The third-order valence-corrected chi connectivity index (χ3v) is 4.59. The van der Waals surface area contributed by atoms with Crippen molar-refractivity contribution in [2.45, 2.75) is 6.54 Å². The Morgan fingerprint density at radius 2 is 1.68 bits per heavy atom. The average Bonchev–Trinajstić information content (AvgIpc) is 3.09. The third-order valence-electron chi connectivity index (χ3n) is 4.59. The van der Waals surface area contributed by atoms with Gasteiger partial charge in [0.05, 0.1) is 34.0 Å². The first-order valence-corrected chi connectivity index (χ1v) is 8.70. The number of benzene rings is 2. The maximum absolute atomic E-state index is 13.3. The molecule has 0 atom stereocenters. The van der Waals surface area contributed by atoms with E-state index in [1.54, 1.807) is 25.3 Å².